The first-order valence-electron chi connectivity index (χ1n) is 7.46. The van der Waals surface area contributed by atoms with E-state index >= 15 is 0 Å². The van der Waals surface area contributed by atoms with Crippen LogP contribution < -0.4 is 5.32 Å². The van der Waals surface area contributed by atoms with E-state index in [0.29, 0.717) is 6.04 Å². The minimum absolute atomic E-state index is 0.0256. The van der Waals surface area contributed by atoms with Crippen LogP contribution in [0.4, 0.5) is 13.2 Å². The molecule has 0 heterocycles. The summed E-state index contributed by atoms with van der Waals surface area (Å²) >= 11 is 0. The monoisotopic (exact) mass is 292 g/mol. The average molecular weight is 292 g/mol. The smallest absolute Gasteiger partial charge is 0.330 e. The zero-order valence-electron chi connectivity index (χ0n) is 11.9. The van der Waals surface area contributed by atoms with Crippen LogP contribution in [0.5, 0.6) is 0 Å². The zero-order valence-corrected chi connectivity index (χ0v) is 11.9. The number of carbonyl (C=O) groups is 1. The zero-order chi connectivity index (χ0) is 14.8. The molecular formula is C14H23F3N2O. The van der Waals surface area contributed by atoms with Crippen molar-refractivity contribution in [1.82, 2.24) is 10.2 Å². The third-order valence-corrected chi connectivity index (χ3v) is 4.36. The fourth-order valence-corrected chi connectivity index (χ4v) is 2.95. The van der Waals surface area contributed by atoms with Gasteiger partial charge in [-0.25, -0.2) is 0 Å². The third-order valence-electron chi connectivity index (χ3n) is 4.36. The van der Waals surface area contributed by atoms with Crippen molar-refractivity contribution in [2.24, 2.45) is 5.92 Å². The van der Waals surface area contributed by atoms with E-state index < -0.39 is 18.6 Å². The van der Waals surface area contributed by atoms with Gasteiger partial charge in [0.1, 0.15) is 6.54 Å². The van der Waals surface area contributed by atoms with E-state index in [-0.39, 0.29) is 18.5 Å². The summed E-state index contributed by atoms with van der Waals surface area (Å²) < 4.78 is 37.9. The molecule has 1 N–H and O–H groups in total. The number of nitrogens with zero attached hydrogens (tertiary/aromatic N) is 1. The number of nitrogens with one attached hydrogen (secondary N) is 1. The van der Waals surface area contributed by atoms with Gasteiger partial charge in [-0.05, 0) is 38.5 Å². The second-order valence-electron chi connectivity index (χ2n) is 6.08. The van der Waals surface area contributed by atoms with Gasteiger partial charge in [-0.15, -0.1) is 0 Å². The predicted octanol–water partition coefficient (Wildman–Crippen LogP) is 2.71. The quantitative estimate of drug-likeness (QED) is 0.816. The van der Waals surface area contributed by atoms with Gasteiger partial charge in [0.25, 0.3) is 0 Å². The molecule has 0 aromatic carbocycles. The first-order chi connectivity index (χ1) is 9.37. The summed E-state index contributed by atoms with van der Waals surface area (Å²) in [6.07, 6.45) is 1.84. The summed E-state index contributed by atoms with van der Waals surface area (Å²) in [5.41, 5.74) is 0. The van der Waals surface area contributed by atoms with Crippen LogP contribution >= 0.6 is 0 Å². The number of hydrogen-bond acceptors (Lipinski definition) is 2. The van der Waals surface area contributed by atoms with Crippen LogP contribution in [0.2, 0.25) is 0 Å². The van der Waals surface area contributed by atoms with E-state index in [2.05, 4.69) is 5.32 Å². The molecule has 0 spiro atoms. The minimum Gasteiger partial charge on any atom is -0.330 e. The van der Waals surface area contributed by atoms with Crippen molar-refractivity contribution < 1.29 is 18.0 Å². The van der Waals surface area contributed by atoms with E-state index in [1.165, 1.54) is 0 Å². The SMILES string of the molecule is CC(C1CC1)N(CC(F)(F)F)C(=O)CNC1CCCC1. The molecule has 3 nitrogen and oxygen atoms in total. The fourth-order valence-electron chi connectivity index (χ4n) is 2.95. The summed E-state index contributed by atoms with van der Waals surface area (Å²) in [6.45, 7) is 0.629. The van der Waals surface area contributed by atoms with Gasteiger partial charge in [-0.3, -0.25) is 4.79 Å². The van der Waals surface area contributed by atoms with Crippen LogP contribution in [0.15, 0.2) is 0 Å². The van der Waals surface area contributed by atoms with E-state index in [9.17, 15) is 18.0 Å². The number of amides is 1. The Bertz CT molecular complexity index is 336. The Morgan fingerprint density at radius 2 is 1.85 bits per heavy atom. The van der Waals surface area contributed by atoms with Crippen molar-refractivity contribution in [2.75, 3.05) is 13.1 Å². The molecule has 0 radical (unpaired) electrons. The standard InChI is InChI=1S/C14H23F3N2O/c1-10(11-6-7-11)19(9-14(15,16)17)13(20)8-18-12-4-2-3-5-12/h10-12,18H,2-9H2,1H3. The molecule has 2 saturated carbocycles. The van der Waals surface area contributed by atoms with Crippen molar-refractivity contribution in [2.45, 2.75) is 63.7 Å². The lowest BCUT2D eigenvalue weighted by atomic mass is 10.1. The predicted molar refractivity (Wildman–Crippen MR) is 70.2 cm³/mol. The maximum absolute atomic E-state index is 12.6. The Balaban J connectivity index is 1.88. The van der Waals surface area contributed by atoms with Gasteiger partial charge in [-0.1, -0.05) is 12.8 Å². The van der Waals surface area contributed by atoms with Gasteiger partial charge in [0.2, 0.25) is 5.91 Å². The lowest BCUT2D eigenvalue weighted by Gasteiger charge is -2.30. The second-order valence-corrected chi connectivity index (χ2v) is 6.08. The molecule has 0 aromatic rings. The van der Waals surface area contributed by atoms with Crippen LogP contribution in [0.1, 0.15) is 45.4 Å². The maximum Gasteiger partial charge on any atom is 0.406 e. The highest BCUT2D eigenvalue weighted by molar-refractivity contribution is 5.78. The Labute approximate surface area is 117 Å². The number of carbonyl (C=O) groups excluding carboxylic acids is 1. The van der Waals surface area contributed by atoms with E-state index in [0.717, 1.165) is 43.4 Å². The molecule has 1 atom stereocenters. The Hall–Kier alpha value is -0.780. The van der Waals surface area contributed by atoms with E-state index in [1.54, 1.807) is 6.92 Å². The molecule has 0 aliphatic heterocycles. The largest absolute Gasteiger partial charge is 0.406 e. The molecule has 0 saturated heterocycles. The minimum atomic E-state index is -4.33. The summed E-state index contributed by atoms with van der Waals surface area (Å²) in [6, 6.07) is -0.0163. The van der Waals surface area contributed by atoms with Gasteiger partial charge in [0.05, 0.1) is 6.54 Å². The van der Waals surface area contributed by atoms with Crippen LogP contribution in [0.3, 0.4) is 0 Å². The molecule has 1 amide bonds. The molecule has 2 aliphatic rings. The number of alkyl halides is 3. The highest BCUT2D eigenvalue weighted by Gasteiger charge is 2.40. The summed E-state index contributed by atoms with van der Waals surface area (Å²) in [5.74, 6) is -0.179. The van der Waals surface area contributed by atoms with Crippen LogP contribution in [0.25, 0.3) is 0 Å². The van der Waals surface area contributed by atoms with Crippen molar-refractivity contribution in [1.29, 1.82) is 0 Å². The number of rotatable bonds is 6. The molecule has 6 heteroatoms. The summed E-state index contributed by atoms with van der Waals surface area (Å²) in [7, 11) is 0. The number of hydrogen-bond donors (Lipinski definition) is 1. The van der Waals surface area contributed by atoms with E-state index in [1.807, 2.05) is 0 Å². The Morgan fingerprint density at radius 1 is 1.25 bits per heavy atom. The Morgan fingerprint density at radius 3 is 2.35 bits per heavy atom. The molecule has 2 rings (SSSR count). The van der Waals surface area contributed by atoms with Crippen LogP contribution in [0, 0.1) is 5.92 Å². The average Bonchev–Trinajstić information content (AvgIpc) is 3.08. The van der Waals surface area contributed by atoms with Crippen molar-refractivity contribution in [3.05, 3.63) is 0 Å². The van der Waals surface area contributed by atoms with Gasteiger partial charge in [0, 0.05) is 12.1 Å². The molecule has 116 valence electrons. The van der Waals surface area contributed by atoms with Crippen molar-refractivity contribution >= 4 is 5.91 Å². The van der Waals surface area contributed by atoms with E-state index in [4.69, 9.17) is 0 Å². The fraction of sp³-hybridized carbons (Fsp3) is 0.929. The Kier molecular flexibility index (Phi) is 4.94. The lowest BCUT2D eigenvalue weighted by Crippen LogP contribution is -2.49. The molecule has 2 fully saturated rings. The molecule has 20 heavy (non-hydrogen) atoms. The molecule has 0 aromatic heterocycles. The number of halogens is 3. The van der Waals surface area contributed by atoms with Crippen LogP contribution in [-0.2, 0) is 4.79 Å². The van der Waals surface area contributed by atoms with Gasteiger partial charge in [-0.2, -0.15) is 13.2 Å². The molecular weight excluding hydrogens is 269 g/mol. The lowest BCUT2D eigenvalue weighted by molar-refractivity contribution is -0.165. The highest BCUT2D eigenvalue weighted by atomic mass is 19.4. The van der Waals surface area contributed by atoms with Crippen molar-refractivity contribution in [3.63, 3.8) is 0 Å². The maximum atomic E-state index is 12.6. The molecule has 1 unspecified atom stereocenters. The summed E-state index contributed by atoms with van der Waals surface area (Å²) in [4.78, 5) is 13.1. The van der Waals surface area contributed by atoms with Crippen LogP contribution in [-0.4, -0.2) is 42.2 Å². The molecule has 2 aliphatic carbocycles. The van der Waals surface area contributed by atoms with Crippen molar-refractivity contribution in [3.8, 4) is 0 Å². The van der Waals surface area contributed by atoms with Gasteiger partial charge in [0.15, 0.2) is 0 Å². The molecule has 0 bridgehead atoms. The van der Waals surface area contributed by atoms with Gasteiger partial charge < -0.3 is 10.2 Å². The highest BCUT2D eigenvalue weighted by Crippen LogP contribution is 2.36. The first kappa shape index (κ1) is 15.6. The normalized spacial score (nSPS) is 22.0. The third kappa shape index (κ3) is 4.65. The second kappa shape index (κ2) is 6.33. The topological polar surface area (TPSA) is 32.3 Å². The summed E-state index contributed by atoms with van der Waals surface area (Å²) in [5, 5.41) is 3.10. The first-order valence-corrected chi connectivity index (χ1v) is 7.46. The van der Waals surface area contributed by atoms with Gasteiger partial charge >= 0.3 is 6.18 Å².